The molecule has 2 aliphatic carbocycles. The molecule has 1 saturated heterocycles. The molecule has 3 aromatic rings. The molecule has 2 aliphatic heterocycles. The highest BCUT2D eigenvalue weighted by Gasteiger charge is 2.59. The van der Waals surface area contributed by atoms with Gasteiger partial charge in [-0.1, -0.05) is 42.5 Å². The van der Waals surface area contributed by atoms with E-state index >= 15 is 0 Å². The Morgan fingerprint density at radius 2 is 1.84 bits per heavy atom. The maximum absolute atomic E-state index is 13.6. The molecule has 0 radical (unpaired) electrons. The molecule has 8 nitrogen and oxygen atoms in total. The van der Waals surface area contributed by atoms with Crippen molar-refractivity contribution in [3.8, 4) is 0 Å². The number of hydrogen-bond donors (Lipinski definition) is 2. The Morgan fingerprint density at radius 1 is 1.05 bits per heavy atom. The second kappa shape index (κ2) is 8.23. The van der Waals surface area contributed by atoms with E-state index in [1.807, 2.05) is 67.7 Å². The number of carbonyl (C=O) groups is 3. The van der Waals surface area contributed by atoms with E-state index in [9.17, 15) is 14.4 Å². The minimum atomic E-state index is -0.651. The van der Waals surface area contributed by atoms with Crippen LogP contribution in [-0.4, -0.2) is 58.2 Å². The van der Waals surface area contributed by atoms with E-state index in [0.29, 0.717) is 30.9 Å². The van der Waals surface area contributed by atoms with Crippen LogP contribution in [-0.2, 0) is 32.6 Å². The van der Waals surface area contributed by atoms with Gasteiger partial charge >= 0.3 is 0 Å². The predicted octanol–water partition coefficient (Wildman–Crippen LogP) is 3.06. The maximum atomic E-state index is 13.6. The molecule has 4 aliphatic rings. The van der Waals surface area contributed by atoms with E-state index in [1.165, 1.54) is 0 Å². The number of carbonyl (C=O) groups excluding carboxylic acids is 3. The minimum absolute atomic E-state index is 0.00351. The number of piperazine rings is 1. The molecule has 2 fully saturated rings. The van der Waals surface area contributed by atoms with Gasteiger partial charge in [-0.15, -0.1) is 0 Å². The van der Waals surface area contributed by atoms with Crippen molar-refractivity contribution in [3.63, 3.8) is 0 Å². The summed E-state index contributed by atoms with van der Waals surface area (Å²) < 4.78 is 0. The van der Waals surface area contributed by atoms with Gasteiger partial charge in [0, 0.05) is 24.0 Å². The Kier molecular flexibility index (Phi) is 5.00. The Labute approximate surface area is 221 Å². The number of nitrogens with zero attached hydrogens (tertiary/aromatic N) is 3. The summed E-state index contributed by atoms with van der Waals surface area (Å²) in [7, 11) is 2.01. The van der Waals surface area contributed by atoms with Gasteiger partial charge in [-0.25, -0.2) is 4.98 Å². The standard InChI is InChI=1S/C30H29N5O3/c1-34-17-24(19-6-3-2-4-7-19)35(28(38)30(34)11-12-30)18-25(36)32-22-10-9-20-15-29(16-21(20)14-22)23-8-5-13-31-26(23)33-27(29)37/h2-10,13-14,24H,11-12,15-18H2,1H3,(H,32,36)(H,31,33,37)/t24-,29+/m0/s1. The van der Waals surface area contributed by atoms with E-state index in [1.54, 1.807) is 11.1 Å². The van der Waals surface area contributed by atoms with Crippen molar-refractivity contribution in [3.05, 3.63) is 89.1 Å². The third-order valence-corrected chi connectivity index (χ3v) is 8.90. The Morgan fingerprint density at radius 3 is 2.63 bits per heavy atom. The molecule has 0 bridgehead atoms. The van der Waals surface area contributed by atoms with Crippen LogP contribution in [0.15, 0.2) is 66.9 Å². The number of fused-ring (bicyclic) bond motifs is 3. The van der Waals surface area contributed by atoms with Gasteiger partial charge in [-0.05, 0) is 67.6 Å². The lowest BCUT2D eigenvalue weighted by atomic mass is 9.79. The topological polar surface area (TPSA) is 94.6 Å². The fourth-order valence-corrected chi connectivity index (χ4v) is 6.66. The van der Waals surface area contributed by atoms with Crippen LogP contribution in [0, 0.1) is 0 Å². The number of amides is 3. The first-order valence-electron chi connectivity index (χ1n) is 13.2. The average molecular weight is 508 g/mol. The number of likely N-dealkylation sites (N-methyl/N-ethyl adjacent to an activating group) is 1. The summed E-state index contributed by atoms with van der Waals surface area (Å²) in [6.45, 7) is 0.693. The first-order valence-corrected chi connectivity index (χ1v) is 13.2. The number of benzene rings is 2. The summed E-state index contributed by atoms with van der Waals surface area (Å²) >= 11 is 0. The van der Waals surface area contributed by atoms with Crippen LogP contribution in [0.1, 0.15) is 41.1 Å². The van der Waals surface area contributed by atoms with Crippen LogP contribution in [0.4, 0.5) is 11.5 Å². The third-order valence-electron chi connectivity index (χ3n) is 8.90. The van der Waals surface area contributed by atoms with Crippen molar-refractivity contribution in [2.75, 3.05) is 30.8 Å². The summed E-state index contributed by atoms with van der Waals surface area (Å²) in [6.07, 6.45) is 4.53. The lowest BCUT2D eigenvalue weighted by Gasteiger charge is -2.44. The van der Waals surface area contributed by atoms with Crippen molar-refractivity contribution >= 4 is 29.2 Å². The molecular weight excluding hydrogens is 478 g/mol. The van der Waals surface area contributed by atoms with Gasteiger partial charge in [0.05, 0.1) is 11.5 Å². The van der Waals surface area contributed by atoms with Gasteiger partial charge in [0.25, 0.3) is 0 Å². The molecule has 8 heteroatoms. The fourth-order valence-electron chi connectivity index (χ4n) is 6.66. The van der Waals surface area contributed by atoms with Crippen molar-refractivity contribution in [1.82, 2.24) is 14.8 Å². The van der Waals surface area contributed by atoms with E-state index in [2.05, 4.69) is 20.5 Å². The second-order valence-corrected chi connectivity index (χ2v) is 11.1. The Bertz CT molecular complexity index is 1480. The number of rotatable bonds is 4. The summed E-state index contributed by atoms with van der Waals surface area (Å²) in [5, 5.41) is 5.95. The lowest BCUT2D eigenvalue weighted by Crippen LogP contribution is -2.59. The molecule has 2 N–H and O–H groups in total. The molecule has 2 spiro atoms. The SMILES string of the molecule is CN1C[C@@H](c2ccccc2)N(CC(=O)Nc2ccc3c(c2)C[C@@]2(C3)C(=O)Nc3ncccc32)C(=O)C12CC2. The van der Waals surface area contributed by atoms with E-state index in [-0.39, 0.29) is 30.3 Å². The third kappa shape index (κ3) is 3.40. The van der Waals surface area contributed by atoms with Crippen molar-refractivity contribution in [2.45, 2.75) is 42.7 Å². The molecule has 0 unspecified atom stereocenters. The zero-order valence-electron chi connectivity index (χ0n) is 21.2. The van der Waals surface area contributed by atoms with Crippen LogP contribution in [0.2, 0.25) is 0 Å². The summed E-state index contributed by atoms with van der Waals surface area (Å²) in [6, 6.07) is 19.4. The highest BCUT2D eigenvalue weighted by molar-refractivity contribution is 6.06. The Balaban J connectivity index is 1.11. The summed E-state index contributed by atoms with van der Waals surface area (Å²) in [4.78, 5) is 48.1. The van der Waals surface area contributed by atoms with E-state index in [4.69, 9.17) is 0 Å². The second-order valence-electron chi connectivity index (χ2n) is 11.1. The van der Waals surface area contributed by atoms with Gasteiger partial charge in [-0.2, -0.15) is 0 Å². The molecule has 2 aromatic carbocycles. The van der Waals surface area contributed by atoms with Gasteiger partial charge < -0.3 is 15.5 Å². The number of pyridine rings is 1. The van der Waals surface area contributed by atoms with Crippen molar-refractivity contribution in [1.29, 1.82) is 0 Å². The molecule has 192 valence electrons. The first-order chi connectivity index (χ1) is 18.4. The first kappa shape index (κ1) is 23.1. The molecule has 3 heterocycles. The van der Waals surface area contributed by atoms with Crippen molar-refractivity contribution in [2.24, 2.45) is 0 Å². The molecule has 2 atom stereocenters. The number of anilines is 2. The smallest absolute Gasteiger partial charge is 0.244 e. The molecule has 38 heavy (non-hydrogen) atoms. The predicted molar refractivity (Wildman–Crippen MR) is 143 cm³/mol. The highest BCUT2D eigenvalue weighted by atomic mass is 16.2. The van der Waals surface area contributed by atoms with Gasteiger partial charge in [-0.3, -0.25) is 19.3 Å². The lowest BCUT2D eigenvalue weighted by molar-refractivity contribution is -0.149. The monoisotopic (exact) mass is 507 g/mol. The largest absolute Gasteiger partial charge is 0.325 e. The summed E-state index contributed by atoms with van der Waals surface area (Å²) in [5.41, 5.74) is 3.68. The van der Waals surface area contributed by atoms with Gasteiger partial charge in [0.2, 0.25) is 17.7 Å². The van der Waals surface area contributed by atoms with Crippen LogP contribution in [0.25, 0.3) is 0 Å². The van der Waals surface area contributed by atoms with Crippen molar-refractivity contribution < 1.29 is 14.4 Å². The number of nitrogens with one attached hydrogen (secondary N) is 2. The van der Waals surface area contributed by atoms with Crippen LogP contribution in [0.5, 0.6) is 0 Å². The van der Waals surface area contributed by atoms with E-state index < -0.39 is 11.0 Å². The molecule has 1 aromatic heterocycles. The van der Waals surface area contributed by atoms with Gasteiger partial charge in [0.15, 0.2) is 0 Å². The maximum Gasteiger partial charge on any atom is 0.244 e. The van der Waals surface area contributed by atoms with Crippen LogP contribution >= 0.6 is 0 Å². The average Bonchev–Trinajstić information content (AvgIpc) is 3.57. The Hall–Kier alpha value is -4.04. The molecular formula is C30H29N5O3. The van der Waals surface area contributed by atoms with Crippen LogP contribution < -0.4 is 10.6 Å². The quantitative estimate of drug-likeness (QED) is 0.566. The minimum Gasteiger partial charge on any atom is -0.325 e. The number of hydrogen-bond acceptors (Lipinski definition) is 5. The fraction of sp³-hybridized carbons (Fsp3) is 0.333. The zero-order chi connectivity index (χ0) is 26.1. The molecule has 3 amide bonds. The number of aromatic nitrogens is 1. The normalized spacial score (nSPS) is 24.9. The zero-order valence-corrected chi connectivity index (χ0v) is 21.2. The molecule has 1 saturated carbocycles. The highest BCUT2D eigenvalue weighted by Crippen LogP contribution is 2.48. The van der Waals surface area contributed by atoms with Gasteiger partial charge in [0.1, 0.15) is 17.9 Å². The van der Waals surface area contributed by atoms with Crippen LogP contribution in [0.3, 0.4) is 0 Å². The van der Waals surface area contributed by atoms with E-state index in [0.717, 1.165) is 35.1 Å². The summed E-state index contributed by atoms with van der Waals surface area (Å²) in [5.74, 6) is 0.422. The molecule has 7 rings (SSSR count).